The molecule has 0 amide bonds. The highest BCUT2D eigenvalue weighted by atomic mass is 16.5. The summed E-state index contributed by atoms with van der Waals surface area (Å²) in [6, 6.07) is 0. The lowest BCUT2D eigenvalue weighted by atomic mass is 9.89. The van der Waals surface area contributed by atoms with E-state index in [0.717, 1.165) is 26.1 Å². The van der Waals surface area contributed by atoms with E-state index in [9.17, 15) is 0 Å². The highest BCUT2D eigenvalue weighted by Gasteiger charge is 2.29. The van der Waals surface area contributed by atoms with Crippen LogP contribution in [-0.4, -0.2) is 25.3 Å². The molecule has 0 aromatic rings. The van der Waals surface area contributed by atoms with Gasteiger partial charge in [-0.25, -0.2) is 0 Å². The number of hydrogen-bond donors (Lipinski definition) is 1. The third-order valence-corrected chi connectivity index (χ3v) is 2.61. The van der Waals surface area contributed by atoms with Gasteiger partial charge < -0.3 is 10.1 Å². The molecule has 1 fully saturated rings. The van der Waals surface area contributed by atoms with Gasteiger partial charge in [-0.2, -0.15) is 0 Å². The smallest absolute Gasteiger partial charge is 0.0704 e. The minimum atomic E-state index is 0.208. The fourth-order valence-corrected chi connectivity index (χ4v) is 1.79. The first kappa shape index (κ1) is 9.01. The van der Waals surface area contributed by atoms with Crippen molar-refractivity contribution in [1.82, 2.24) is 5.32 Å². The minimum absolute atomic E-state index is 0.208. The van der Waals surface area contributed by atoms with Crippen molar-refractivity contribution >= 4 is 0 Å². The molecule has 0 aliphatic carbocycles. The first-order chi connectivity index (χ1) is 5.33. The maximum atomic E-state index is 5.78. The van der Waals surface area contributed by atoms with Crippen LogP contribution >= 0.6 is 0 Å². The second-order valence-electron chi connectivity index (χ2n) is 3.22. The van der Waals surface area contributed by atoms with Crippen molar-refractivity contribution in [3.05, 3.63) is 0 Å². The zero-order chi connectivity index (χ0) is 8.16. The van der Waals surface area contributed by atoms with Crippen LogP contribution in [0.25, 0.3) is 0 Å². The summed E-state index contributed by atoms with van der Waals surface area (Å²) in [5, 5.41) is 3.35. The molecule has 0 radical (unpaired) electrons. The molecule has 0 spiro atoms. The van der Waals surface area contributed by atoms with Crippen molar-refractivity contribution in [1.29, 1.82) is 0 Å². The zero-order valence-electron chi connectivity index (χ0n) is 7.65. The van der Waals surface area contributed by atoms with E-state index in [4.69, 9.17) is 4.74 Å². The topological polar surface area (TPSA) is 21.3 Å². The van der Waals surface area contributed by atoms with Gasteiger partial charge in [0.05, 0.1) is 5.60 Å². The summed E-state index contributed by atoms with van der Waals surface area (Å²) in [5.74, 6) is 0. The molecule has 1 aliphatic heterocycles. The maximum Gasteiger partial charge on any atom is 0.0704 e. The summed E-state index contributed by atoms with van der Waals surface area (Å²) in [7, 11) is 0. The Labute approximate surface area is 69.3 Å². The second kappa shape index (κ2) is 4.07. The van der Waals surface area contributed by atoms with Crippen LogP contribution in [0.15, 0.2) is 0 Å². The Balaban J connectivity index is 2.42. The monoisotopic (exact) mass is 157 g/mol. The van der Waals surface area contributed by atoms with Crippen LogP contribution in [0, 0.1) is 0 Å². The first-order valence-electron chi connectivity index (χ1n) is 4.67. The lowest BCUT2D eigenvalue weighted by Crippen LogP contribution is -2.43. The van der Waals surface area contributed by atoms with E-state index < -0.39 is 0 Å². The van der Waals surface area contributed by atoms with Crippen LogP contribution < -0.4 is 5.32 Å². The Hall–Kier alpha value is -0.0800. The molecule has 0 atom stereocenters. The maximum absolute atomic E-state index is 5.78. The Kier molecular flexibility index (Phi) is 3.34. The molecule has 1 heterocycles. The standard InChI is InChI=1S/C9H19NO/c1-3-9(11-4-2)5-7-10-8-6-9/h10H,3-8H2,1-2H3. The summed E-state index contributed by atoms with van der Waals surface area (Å²) >= 11 is 0. The van der Waals surface area contributed by atoms with E-state index >= 15 is 0 Å². The molecule has 1 aliphatic rings. The fraction of sp³-hybridized carbons (Fsp3) is 1.00. The lowest BCUT2D eigenvalue weighted by molar-refractivity contribution is -0.0623. The third kappa shape index (κ3) is 2.17. The summed E-state index contributed by atoms with van der Waals surface area (Å²) in [5.41, 5.74) is 0.208. The number of piperidine rings is 1. The molecule has 1 rings (SSSR count). The van der Waals surface area contributed by atoms with Gasteiger partial charge in [0.1, 0.15) is 0 Å². The van der Waals surface area contributed by atoms with Gasteiger partial charge >= 0.3 is 0 Å². The Morgan fingerprint density at radius 1 is 1.27 bits per heavy atom. The third-order valence-electron chi connectivity index (χ3n) is 2.61. The van der Waals surface area contributed by atoms with Gasteiger partial charge in [-0.15, -0.1) is 0 Å². The molecule has 66 valence electrons. The predicted octanol–water partition coefficient (Wildman–Crippen LogP) is 1.56. The van der Waals surface area contributed by atoms with Gasteiger partial charge in [0.2, 0.25) is 0 Å². The summed E-state index contributed by atoms with van der Waals surface area (Å²) in [6.07, 6.45) is 3.51. The lowest BCUT2D eigenvalue weighted by Gasteiger charge is -2.36. The van der Waals surface area contributed by atoms with Crippen LogP contribution in [0.3, 0.4) is 0 Å². The Morgan fingerprint density at radius 3 is 2.36 bits per heavy atom. The number of nitrogens with one attached hydrogen (secondary N) is 1. The molecule has 2 nitrogen and oxygen atoms in total. The van der Waals surface area contributed by atoms with Crippen LogP contribution in [0.1, 0.15) is 33.1 Å². The largest absolute Gasteiger partial charge is 0.375 e. The van der Waals surface area contributed by atoms with Gasteiger partial charge in [0, 0.05) is 6.61 Å². The van der Waals surface area contributed by atoms with Gasteiger partial charge in [-0.05, 0) is 39.3 Å². The summed E-state index contributed by atoms with van der Waals surface area (Å²) in [4.78, 5) is 0. The molecular formula is C9H19NO. The summed E-state index contributed by atoms with van der Waals surface area (Å²) in [6.45, 7) is 7.40. The van der Waals surface area contributed by atoms with E-state index in [2.05, 4.69) is 19.2 Å². The normalized spacial score (nSPS) is 23.5. The van der Waals surface area contributed by atoms with E-state index in [0.29, 0.717) is 0 Å². The second-order valence-corrected chi connectivity index (χ2v) is 3.22. The predicted molar refractivity (Wildman–Crippen MR) is 46.8 cm³/mol. The van der Waals surface area contributed by atoms with Crippen molar-refractivity contribution in [2.75, 3.05) is 19.7 Å². The molecule has 0 unspecified atom stereocenters. The summed E-state index contributed by atoms with van der Waals surface area (Å²) < 4.78 is 5.78. The molecular weight excluding hydrogens is 138 g/mol. The minimum Gasteiger partial charge on any atom is -0.375 e. The average Bonchev–Trinajstić information content (AvgIpc) is 2.07. The highest BCUT2D eigenvalue weighted by molar-refractivity contribution is 4.84. The highest BCUT2D eigenvalue weighted by Crippen LogP contribution is 2.26. The Bertz CT molecular complexity index is 103. The molecule has 0 bridgehead atoms. The van der Waals surface area contributed by atoms with Crippen LogP contribution in [0.5, 0.6) is 0 Å². The molecule has 11 heavy (non-hydrogen) atoms. The molecule has 1 saturated heterocycles. The van der Waals surface area contributed by atoms with Gasteiger partial charge in [0.25, 0.3) is 0 Å². The van der Waals surface area contributed by atoms with E-state index in [1.165, 1.54) is 12.8 Å². The molecule has 1 N–H and O–H groups in total. The number of rotatable bonds is 3. The number of hydrogen-bond acceptors (Lipinski definition) is 2. The van der Waals surface area contributed by atoms with Gasteiger partial charge in [0.15, 0.2) is 0 Å². The quantitative estimate of drug-likeness (QED) is 0.671. The van der Waals surface area contributed by atoms with Crippen molar-refractivity contribution in [3.63, 3.8) is 0 Å². The van der Waals surface area contributed by atoms with Crippen LogP contribution in [0.2, 0.25) is 0 Å². The van der Waals surface area contributed by atoms with Gasteiger partial charge in [-0.3, -0.25) is 0 Å². The Morgan fingerprint density at radius 2 is 1.91 bits per heavy atom. The molecule has 0 aromatic heterocycles. The zero-order valence-corrected chi connectivity index (χ0v) is 7.65. The van der Waals surface area contributed by atoms with E-state index in [-0.39, 0.29) is 5.60 Å². The van der Waals surface area contributed by atoms with Crippen molar-refractivity contribution in [2.24, 2.45) is 0 Å². The average molecular weight is 157 g/mol. The fourth-order valence-electron chi connectivity index (χ4n) is 1.79. The molecule has 0 saturated carbocycles. The van der Waals surface area contributed by atoms with Crippen molar-refractivity contribution < 1.29 is 4.74 Å². The van der Waals surface area contributed by atoms with Gasteiger partial charge in [-0.1, -0.05) is 6.92 Å². The SMILES string of the molecule is CCOC1(CC)CCNCC1. The van der Waals surface area contributed by atoms with Crippen LogP contribution in [0.4, 0.5) is 0 Å². The molecule has 0 aromatic carbocycles. The van der Waals surface area contributed by atoms with Crippen LogP contribution in [-0.2, 0) is 4.74 Å². The first-order valence-corrected chi connectivity index (χ1v) is 4.67. The number of ether oxygens (including phenoxy) is 1. The van der Waals surface area contributed by atoms with Crippen molar-refractivity contribution in [2.45, 2.75) is 38.7 Å². The van der Waals surface area contributed by atoms with E-state index in [1.807, 2.05) is 0 Å². The molecule has 2 heteroatoms. The van der Waals surface area contributed by atoms with Crippen molar-refractivity contribution in [3.8, 4) is 0 Å². The van der Waals surface area contributed by atoms with E-state index in [1.54, 1.807) is 0 Å².